The van der Waals surface area contributed by atoms with E-state index in [0.29, 0.717) is 13.0 Å². The Kier molecular flexibility index (Phi) is 4.20. The van der Waals surface area contributed by atoms with E-state index < -0.39 is 0 Å². The van der Waals surface area contributed by atoms with Gasteiger partial charge in [-0.2, -0.15) is 0 Å². The number of aryl methyl sites for hydroxylation is 1. The van der Waals surface area contributed by atoms with Crippen LogP contribution in [-0.2, 0) is 11.2 Å². The number of likely N-dealkylation sites (tertiary alicyclic amines) is 1. The third kappa shape index (κ3) is 3.23. The van der Waals surface area contributed by atoms with Gasteiger partial charge in [-0.25, -0.2) is 0 Å². The minimum atomic E-state index is 0.162. The molecular weight excluding hydrogens is 228 g/mol. The van der Waals surface area contributed by atoms with Crippen molar-refractivity contribution in [3.05, 3.63) is 29.8 Å². The van der Waals surface area contributed by atoms with Crippen molar-refractivity contribution in [2.75, 3.05) is 20.2 Å². The summed E-state index contributed by atoms with van der Waals surface area (Å²) in [4.78, 5) is 13.8. The number of ether oxygens (including phenoxy) is 1. The van der Waals surface area contributed by atoms with E-state index in [-0.39, 0.29) is 11.9 Å². The first kappa shape index (κ1) is 12.9. The highest BCUT2D eigenvalue weighted by Crippen LogP contribution is 2.14. The van der Waals surface area contributed by atoms with Crippen molar-refractivity contribution in [3.63, 3.8) is 0 Å². The lowest BCUT2D eigenvalue weighted by Gasteiger charge is -2.15. The fourth-order valence-electron chi connectivity index (χ4n) is 2.22. The van der Waals surface area contributed by atoms with Crippen molar-refractivity contribution >= 4 is 5.91 Å². The summed E-state index contributed by atoms with van der Waals surface area (Å²) in [5.41, 5.74) is 6.95. The summed E-state index contributed by atoms with van der Waals surface area (Å²) in [5.74, 6) is 1.05. The highest BCUT2D eigenvalue weighted by Gasteiger charge is 2.22. The topological polar surface area (TPSA) is 55.6 Å². The maximum absolute atomic E-state index is 11.9. The van der Waals surface area contributed by atoms with Gasteiger partial charge < -0.3 is 15.4 Å². The average Bonchev–Trinajstić information content (AvgIpc) is 2.83. The molecule has 1 aliphatic heterocycles. The van der Waals surface area contributed by atoms with Gasteiger partial charge in [0, 0.05) is 25.6 Å². The number of methoxy groups -OCH3 is 1. The normalized spacial score (nSPS) is 19.0. The van der Waals surface area contributed by atoms with Gasteiger partial charge in [-0.05, 0) is 30.5 Å². The van der Waals surface area contributed by atoms with E-state index in [9.17, 15) is 4.79 Å². The molecule has 0 aliphatic carbocycles. The second-order valence-corrected chi connectivity index (χ2v) is 4.74. The van der Waals surface area contributed by atoms with Gasteiger partial charge in [0.15, 0.2) is 0 Å². The van der Waals surface area contributed by atoms with Crippen molar-refractivity contribution in [2.24, 2.45) is 5.73 Å². The first-order chi connectivity index (χ1) is 8.69. The van der Waals surface area contributed by atoms with Crippen LogP contribution in [0.3, 0.4) is 0 Å². The Morgan fingerprint density at radius 3 is 2.72 bits per heavy atom. The Morgan fingerprint density at radius 1 is 1.44 bits per heavy atom. The number of amides is 1. The molecule has 1 unspecified atom stereocenters. The highest BCUT2D eigenvalue weighted by molar-refractivity contribution is 5.76. The number of nitrogens with two attached hydrogens (primary N) is 1. The van der Waals surface area contributed by atoms with E-state index in [1.807, 2.05) is 29.2 Å². The molecule has 1 atom stereocenters. The van der Waals surface area contributed by atoms with Crippen LogP contribution in [-0.4, -0.2) is 37.0 Å². The van der Waals surface area contributed by atoms with Gasteiger partial charge in [0.2, 0.25) is 5.91 Å². The predicted molar refractivity (Wildman–Crippen MR) is 70.5 cm³/mol. The van der Waals surface area contributed by atoms with E-state index in [1.165, 1.54) is 0 Å². The predicted octanol–water partition coefficient (Wildman–Crippen LogP) is 1.19. The molecule has 98 valence electrons. The van der Waals surface area contributed by atoms with Crippen molar-refractivity contribution < 1.29 is 9.53 Å². The van der Waals surface area contributed by atoms with Gasteiger partial charge in [-0.3, -0.25) is 4.79 Å². The van der Waals surface area contributed by atoms with Gasteiger partial charge in [0.25, 0.3) is 0 Å². The zero-order chi connectivity index (χ0) is 13.0. The summed E-state index contributed by atoms with van der Waals surface area (Å²) in [6.45, 7) is 1.52. The Morgan fingerprint density at radius 2 is 2.17 bits per heavy atom. The zero-order valence-corrected chi connectivity index (χ0v) is 10.8. The average molecular weight is 248 g/mol. The Hall–Kier alpha value is -1.55. The third-order valence-corrected chi connectivity index (χ3v) is 3.36. The highest BCUT2D eigenvalue weighted by atomic mass is 16.5. The van der Waals surface area contributed by atoms with Gasteiger partial charge in [-0.1, -0.05) is 12.1 Å². The van der Waals surface area contributed by atoms with E-state index in [1.54, 1.807) is 7.11 Å². The SMILES string of the molecule is COc1ccc(CCC(=O)N2CCC(N)C2)cc1. The fraction of sp³-hybridized carbons (Fsp3) is 0.500. The van der Waals surface area contributed by atoms with Gasteiger partial charge >= 0.3 is 0 Å². The molecule has 0 bridgehead atoms. The molecule has 1 aromatic rings. The Bertz CT molecular complexity index is 403. The Balaban J connectivity index is 1.81. The maximum Gasteiger partial charge on any atom is 0.222 e. The molecule has 18 heavy (non-hydrogen) atoms. The largest absolute Gasteiger partial charge is 0.497 e. The standard InChI is InChI=1S/C14H20N2O2/c1-18-13-5-2-11(3-6-13)4-7-14(17)16-9-8-12(15)10-16/h2-3,5-6,12H,4,7-10,15H2,1H3. The van der Waals surface area contributed by atoms with Crippen LogP contribution in [0.2, 0.25) is 0 Å². The summed E-state index contributed by atoms with van der Waals surface area (Å²) in [5, 5.41) is 0. The van der Waals surface area contributed by atoms with E-state index in [2.05, 4.69) is 0 Å². The van der Waals surface area contributed by atoms with Crippen LogP contribution in [0.1, 0.15) is 18.4 Å². The molecule has 2 N–H and O–H groups in total. The molecular formula is C14H20N2O2. The lowest BCUT2D eigenvalue weighted by atomic mass is 10.1. The van der Waals surface area contributed by atoms with Crippen LogP contribution >= 0.6 is 0 Å². The first-order valence-corrected chi connectivity index (χ1v) is 6.35. The number of rotatable bonds is 4. The number of nitrogens with zero attached hydrogens (tertiary/aromatic N) is 1. The van der Waals surface area contributed by atoms with Gasteiger partial charge in [0.05, 0.1) is 7.11 Å². The molecule has 4 heteroatoms. The second-order valence-electron chi connectivity index (χ2n) is 4.74. The quantitative estimate of drug-likeness (QED) is 0.870. The summed E-state index contributed by atoms with van der Waals surface area (Å²) >= 11 is 0. The summed E-state index contributed by atoms with van der Waals surface area (Å²) in [6, 6.07) is 8.01. The number of hydrogen-bond acceptors (Lipinski definition) is 3. The maximum atomic E-state index is 11.9. The molecule has 1 fully saturated rings. The van der Waals surface area contributed by atoms with Crippen molar-refractivity contribution in [2.45, 2.75) is 25.3 Å². The van der Waals surface area contributed by atoms with Crippen LogP contribution in [0.4, 0.5) is 0 Å². The number of hydrogen-bond donors (Lipinski definition) is 1. The molecule has 0 saturated carbocycles. The molecule has 1 aliphatic rings. The Labute approximate surface area is 108 Å². The van der Waals surface area contributed by atoms with E-state index >= 15 is 0 Å². The molecule has 4 nitrogen and oxygen atoms in total. The number of carbonyl (C=O) groups excluding carboxylic acids is 1. The third-order valence-electron chi connectivity index (χ3n) is 3.36. The van der Waals surface area contributed by atoms with Crippen LogP contribution in [0.15, 0.2) is 24.3 Å². The molecule has 1 amide bonds. The summed E-state index contributed by atoms with van der Waals surface area (Å²) in [6.07, 6.45) is 2.25. The van der Waals surface area contributed by atoms with Crippen LogP contribution in [0, 0.1) is 0 Å². The van der Waals surface area contributed by atoms with Crippen molar-refractivity contribution in [3.8, 4) is 5.75 Å². The van der Waals surface area contributed by atoms with Crippen LogP contribution in [0.5, 0.6) is 5.75 Å². The molecule has 1 aromatic carbocycles. The second kappa shape index (κ2) is 5.87. The molecule has 0 radical (unpaired) electrons. The minimum absolute atomic E-state index is 0.162. The number of benzene rings is 1. The fourth-order valence-corrected chi connectivity index (χ4v) is 2.22. The zero-order valence-electron chi connectivity index (χ0n) is 10.8. The van der Waals surface area contributed by atoms with Crippen molar-refractivity contribution in [1.82, 2.24) is 4.90 Å². The van der Waals surface area contributed by atoms with Gasteiger partial charge in [0.1, 0.15) is 5.75 Å². The first-order valence-electron chi connectivity index (χ1n) is 6.35. The van der Waals surface area contributed by atoms with E-state index in [0.717, 1.165) is 30.7 Å². The van der Waals surface area contributed by atoms with E-state index in [4.69, 9.17) is 10.5 Å². The van der Waals surface area contributed by atoms with Crippen molar-refractivity contribution in [1.29, 1.82) is 0 Å². The van der Waals surface area contributed by atoms with Crippen LogP contribution in [0.25, 0.3) is 0 Å². The number of carbonyl (C=O) groups is 1. The lowest BCUT2D eigenvalue weighted by Crippen LogP contribution is -2.31. The molecule has 0 aromatic heterocycles. The molecule has 1 heterocycles. The molecule has 1 saturated heterocycles. The van der Waals surface area contributed by atoms with Crippen LogP contribution < -0.4 is 10.5 Å². The smallest absolute Gasteiger partial charge is 0.222 e. The summed E-state index contributed by atoms with van der Waals surface area (Å²) in [7, 11) is 1.65. The minimum Gasteiger partial charge on any atom is -0.497 e. The monoisotopic (exact) mass is 248 g/mol. The molecule has 0 spiro atoms. The summed E-state index contributed by atoms with van der Waals surface area (Å²) < 4.78 is 5.10. The molecule has 2 rings (SSSR count). The lowest BCUT2D eigenvalue weighted by molar-refractivity contribution is -0.130. The van der Waals surface area contributed by atoms with Gasteiger partial charge in [-0.15, -0.1) is 0 Å².